The van der Waals surface area contributed by atoms with Crippen LogP contribution in [-0.2, 0) is 11.0 Å². The SMILES string of the molecule is Cc1nc(NCC(N)=O)cc(-c2ccc(C(F)(F)F)cc2)n1. The molecule has 5 nitrogen and oxygen atoms in total. The Hall–Kier alpha value is -2.64. The molecule has 2 aromatic rings. The molecule has 0 unspecified atom stereocenters. The van der Waals surface area contributed by atoms with E-state index in [2.05, 4.69) is 15.3 Å². The van der Waals surface area contributed by atoms with E-state index in [-0.39, 0.29) is 6.54 Å². The number of primary amides is 1. The molecule has 0 atom stereocenters. The Morgan fingerprint density at radius 1 is 1.23 bits per heavy atom. The number of amides is 1. The largest absolute Gasteiger partial charge is 0.416 e. The van der Waals surface area contributed by atoms with Gasteiger partial charge in [-0.1, -0.05) is 12.1 Å². The summed E-state index contributed by atoms with van der Waals surface area (Å²) in [7, 11) is 0. The smallest absolute Gasteiger partial charge is 0.368 e. The maximum atomic E-state index is 12.5. The van der Waals surface area contributed by atoms with Crippen LogP contribution < -0.4 is 11.1 Å². The van der Waals surface area contributed by atoms with Crippen LogP contribution >= 0.6 is 0 Å². The lowest BCUT2D eigenvalue weighted by atomic mass is 10.1. The Balaban J connectivity index is 2.30. The number of hydrogen-bond acceptors (Lipinski definition) is 4. The topological polar surface area (TPSA) is 80.9 Å². The van der Waals surface area contributed by atoms with Gasteiger partial charge in [-0.3, -0.25) is 4.79 Å². The van der Waals surface area contributed by atoms with Crippen LogP contribution in [0.25, 0.3) is 11.3 Å². The van der Waals surface area contributed by atoms with Gasteiger partial charge in [0.15, 0.2) is 0 Å². The van der Waals surface area contributed by atoms with Crippen molar-refractivity contribution in [1.29, 1.82) is 0 Å². The molecule has 0 spiro atoms. The van der Waals surface area contributed by atoms with Gasteiger partial charge >= 0.3 is 6.18 Å². The molecule has 0 bridgehead atoms. The molecule has 0 aliphatic rings. The monoisotopic (exact) mass is 310 g/mol. The molecule has 0 fully saturated rings. The normalized spacial score (nSPS) is 11.3. The molecule has 1 amide bonds. The van der Waals surface area contributed by atoms with Crippen molar-refractivity contribution in [2.45, 2.75) is 13.1 Å². The van der Waals surface area contributed by atoms with Gasteiger partial charge in [0.05, 0.1) is 17.8 Å². The second-order valence-corrected chi connectivity index (χ2v) is 4.58. The lowest BCUT2D eigenvalue weighted by Crippen LogP contribution is -2.22. The first-order valence-corrected chi connectivity index (χ1v) is 6.31. The van der Waals surface area contributed by atoms with E-state index in [0.29, 0.717) is 22.9 Å². The number of benzene rings is 1. The highest BCUT2D eigenvalue weighted by Crippen LogP contribution is 2.30. The van der Waals surface area contributed by atoms with E-state index < -0.39 is 17.6 Å². The number of carbonyl (C=O) groups is 1. The second-order valence-electron chi connectivity index (χ2n) is 4.58. The summed E-state index contributed by atoms with van der Waals surface area (Å²) < 4.78 is 37.6. The van der Waals surface area contributed by atoms with E-state index in [1.807, 2.05) is 0 Å². The van der Waals surface area contributed by atoms with E-state index in [0.717, 1.165) is 12.1 Å². The van der Waals surface area contributed by atoms with E-state index in [4.69, 9.17) is 5.73 Å². The number of aromatic nitrogens is 2. The zero-order chi connectivity index (χ0) is 16.3. The van der Waals surface area contributed by atoms with Gasteiger partial charge in [-0.2, -0.15) is 13.2 Å². The lowest BCUT2D eigenvalue weighted by molar-refractivity contribution is -0.137. The first kappa shape index (κ1) is 15.7. The summed E-state index contributed by atoms with van der Waals surface area (Å²) in [5, 5.41) is 2.73. The quantitative estimate of drug-likeness (QED) is 0.908. The molecule has 1 aromatic carbocycles. The number of aryl methyl sites for hydroxylation is 1. The number of halogens is 3. The van der Waals surface area contributed by atoms with E-state index >= 15 is 0 Å². The molecule has 2 rings (SSSR count). The molecule has 0 saturated heterocycles. The van der Waals surface area contributed by atoms with Gasteiger partial charge in [-0.05, 0) is 19.1 Å². The molecule has 116 valence electrons. The van der Waals surface area contributed by atoms with Gasteiger partial charge in [-0.15, -0.1) is 0 Å². The predicted octanol–water partition coefficient (Wildman–Crippen LogP) is 2.37. The molecular weight excluding hydrogens is 297 g/mol. The Kier molecular flexibility index (Phi) is 4.30. The average molecular weight is 310 g/mol. The Morgan fingerprint density at radius 3 is 2.41 bits per heavy atom. The molecule has 0 aliphatic heterocycles. The summed E-state index contributed by atoms with van der Waals surface area (Å²) in [5.74, 6) is 0.248. The van der Waals surface area contributed by atoms with Gasteiger partial charge in [0.2, 0.25) is 5.91 Å². The van der Waals surface area contributed by atoms with Crippen LogP contribution in [0.1, 0.15) is 11.4 Å². The third kappa shape index (κ3) is 3.94. The fourth-order valence-corrected chi connectivity index (χ4v) is 1.81. The zero-order valence-corrected chi connectivity index (χ0v) is 11.6. The fourth-order valence-electron chi connectivity index (χ4n) is 1.81. The number of rotatable bonds is 4. The molecular formula is C14H13F3N4O. The fraction of sp³-hybridized carbons (Fsp3) is 0.214. The summed E-state index contributed by atoms with van der Waals surface area (Å²) in [4.78, 5) is 19.0. The predicted molar refractivity (Wildman–Crippen MR) is 74.9 cm³/mol. The average Bonchev–Trinajstić information content (AvgIpc) is 2.44. The van der Waals surface area contributed by atoms with Gasteiger partial charge in [0, 0.05) is 11.6 Å². The lowest BCUT2D eigenvalue weighted by Gasteiger charge is -2.09. The molecule has 8 heteroatoms. The van der Waals surface area contributed by atoms with Crippen LogP contribution in [0.2, 0.25) is 0 Å². The van der Waals surface area contributed by atoms with E-state index in [1.54, 1.807) is 13.0 Å². The molecule has 1 heterocycles. The van der Waals surface area contributed by atoms with Crippen molar-refractivity contribution in [3.05, 3.63) is 41.7 Å². The van der Waals surface area contributed by atoms with Crippen molar-refractivity contribution in [2.75, 3.05) is 11.9 Å². The van der Waals surface area contributed by atoms with E-state index in [9.17, 15) is 18.0 Å². The summed E-state index contributed by atoms with van der Waals surface area (Å²) in [5.41, 5.74) is 5.27. The molecule has 22 heavy (non-hydrogen) atoms. The highest BCUT2D eigenvalue weighted by Gasteiger charge is 2.30. The minimum atomic E-state index is -4.38. The number of nitrogens with zero attached hydrogens (tertiary/aromatic N) is 2. The standard InChI is InChI=1S/C14H13F3N4O/c1-8-20-11(6-13(21-8)19-7-12(18)22)9-2-4-10(5-3-9)14(15,16)17/h2-6H,7H2,1H3,(H2,18,22)(H,19,20,21). The van der Waals surface area contributed by atoms with Gasteiger partial charge in [-0.25, -0.2) is 9.97 Å². The highest BCUT2D eigenvalue weighted by molar-refractivity contribution is 5.78. The molecule has 0 radical (unpaired) electrons. The first-order chi connectivity index (χ1) is 10.3. The minimum absolute atomic E-state index is 0.0943. The van der Waals surface area contributed by atoms with Crippen LogP contribution in [0.4, 0.5) is 19.0 Å². The summed E-state index contributed by atoms with van der Waals surface area (Å²) >= 11 is 0. The van der Waals surface area contributed by atoms with Gasteiger partial charge in [0.25, 0.3) is 0 Å². The number of hydrogen-bond donors (Lipinski definition) is 2. The summed E-state index contributed by atoms with van der Waals surface area (Å²) in [6.07, 6.45) is -4.38. The van der Waals surface area contributed by atoms with Crippen LogP contribution in [0, 0.1) is 6.92 Å². The molecule has 0 saturated carbocycles. The third-order valence-corrected chi connectivity index (χ3v) is 2.79. The van der Waals surface area contributed by atoms with Crippen LogP contribution in [0.5, 0.6) is 0 Å². The number of alkyl halides is 3. The molecule has 0 aliphatic carbocycles. The van der Waals surface area contributed by atoms with E-state index in [1.165, 1.54) is 12.1 Å². The third-order valence-electron chi connectivity index (χ3n) is 2.79. The molecule has 1 aromatic heterocycles. The maximum absolute atomic E-state index is 12.5. The van der Waals surface area contributed by atoms with Crippen molar-refractivity contribution in [2.24, 2.45) is 5.73 Å². The highest BCUT2D eigenvalue weighted by atomic mass is 19.4. The Labute approximate surface area is 124 Å². The van der Waals surface area contributed by atoms with Gasteiger partial charge < -0.3 is 11.1 Å². The molecule has 3 N–H and O–H groups in total. The number of nitrogens with two attached hydrogens (primary N) is 1. The first-order valence-electron chi connectivity index (χ1n) is 6.31. The Morgan fingerprint density at radius 2 is 1.86 bits per heavy atom. The second kappa shape index (κ2) is 6.00. The van der Waals surface area contributed by atoms with Crippen molar-refractivity contribution in [3.8, 4) is 11.3 Å². The van der Waals surface area contributed by atoms with Crippen molar-refractivity contribution in [1.82, 2.24) is 9.97 Å². The number of nitrogens with one attached hydrogen (secondary N) is 1. The summed E-state index contributed by atoms with van der Waals surface area (Å²) in [6, 6.07) is 6.19. The Bertz CT molecular complexity index is 683. The van der Waals surface area contributed by atoms with Crippen LogP contribution in [-0.4, -0.2) is 22.4 Å². The minimum Gasteiger partial charge on any atom is -0.368 e. The number of anilines is 1. The van der Waals surface area contributed by atoms with Crippen LogP contribution in [0.15, 0.2) is 30.3 Å². The number of carbonyl (C=O) groups excluding carboxylic acids is 1. The van der Waals surface area contributed by atoms with Crippen molar-refractivity contribution in [3.63, 3.8) is 0 Å². The van der Waals surface area contributed by atoms with Crippen molar-refractivity contribution < 1.29 is 18.0 Å². The van der Waals surface area contributed by atoms with Crippen molar-refractivity contribution >= 4 is 11.7 Å². The van der Waals surface area contributed by atoms with Crippen LogP contribution in [0.3, 0.4) is 0 Å². The zero-order valence-electron chi connectivity index (χ0n) is 11.6. The maximum Gasteiger partial charge on any atom is 0.416 e. The summed E-state index contributed by atoms with van der Waals surface area (Å²) in [6.45, 7) is 1.55. The van der Waals surface area contributed by atoms with Gasteiger partial charge in [0.1, 0.15) is 11.6 Å².